The highest BCUT2D eigenvalue weighted by atomic mass is 79.9. The number of allylic oxidation sites excluding steroid dienone is 3. The number of hydrogen-bond acceptors (Lipinski definition) is 15. The molecule has 0 radical (unpaired) electrons. The van der Waals surface area contributed by atoms with Crippen molar-refractivity contribution in [2.75, 3.05) is 56.5 Å². The first-order valence-corrected chi connectivity index (χ1v) is 32.3. The normalized spacial score (nSPS) is 22.9. The molecule has 4 saturated heterocycles. The van der Waals surface area contributed by atoms with Crippen molar-refractivity contribution in [2.45, 2.75) is 186 Å². The zero-order valence-corrected chi connectivity index (χ0v) is 54.5. The molecule has 4 aliphatic rings. The van der Waals surface area contributed by atoms with Gasteiger partial charge in [0.25, 0.3) is 0 Å². The van der Waals surface area contributed by atoms with Crippen LogP contribution in [0, 0.1) is 11.8 Å². The van der Waals surface area contributed by atoms with E-state index < -0.39 is 60.0 Å². The fourth-order valence-corrected chi connectivity index (χ4v) is 10.8. The molecule has 90 heavy (non-hydrogen) atoms. The molecule has 0 aromatic heterocycles. The largest absolute Gasteiger partial charge is 0.445 e. The van der Waals surface area contributed by atoms with Gasteiger partial charge in [0, 0.05) is 82.1 Å². The molecule has 4 aliphatic heterocycles. The third-order valence-electron chi connectivity index (χ3n) is 15.9. The lowest BCUT2D eigenvalue weighted by molar-refractivity contribution is -0.132. The van der Waals surface area contributed by atoms with Crippen LogP contribution in [0.5, 0.6) is 0 Å². The maximum Gasteiger partial charge on any atom is 0.410 e. The number of unbranched alkanes of at least 4 members (excludes halogenated alkanes) is 2. The Hall–Kier alpha value is -7.36. The summed E-state index contributed by atoms with van der Waals surface area (Å²) in [6.45, 7) is 14.9. The van der Waals surface area contributed by atoms with E-state index in [0.717, 1.165) is 12.0 Å². The SMILES string of the molecule is CC/C(=C\C(=O)N[C@@H]1C[C@H](C)[C@H](C/C=C(C)/C=C/C2C[C@]3(CO3)C[C@@H](CC(N)=O)O2)O[C@@H]1C)NC(=O)/C=C\[C@H](C)OC(=O)N1CCN(C(=O)OCc2ccc(NC(=O)[C@H](CCCNC(N)=O)NC(=O)[C@@H](NC(=O)CCCCCNC(=O)CBr)C(C)C)cc2)CC1. The Kier molecular flexibility index (Phi) is 30.2. The average Bonchev–Trinajstić information content (AvgIpc) is 1.64. The van der Waals surface area contributed by atoms with Crippen molar-refractivity contribution in [3.05, 3.63) is 77.6 Å². The Labute approximate surface area is 536 Å². The minimum absolute atomic E-state index is 0.0542. The quantitative estimate of drug-likeness (QED) is 0.0152. The van der Waals surface area contributed by atoms with E-state index in [1.165, 1.54) is 28.0 Å². The molecule has 4 fully saturated rings. The second-order valence-electron chi connectivity index (χ2n) is 23.9. The van der Waals surface area contributed by atoms with E-state index in [2.05, 4.69) is 66.1 Å². The first-order chi connectivity index (χ1) is 42.8. The summed E-state index contributed by atoms with van der Waals surface area (Å²) in [6, 6.07) is 3.58. The van der Waals surface area contributed by atoms with Crippen molar-refractivity contribution in [3.8, 4) is 0 Å². The van der Waals surface area contributed by atoms with Gasteiger partial charge in [-0.3, -0.25) is 33.6 Å². The van der Waals surface area contributed by atoms with Crippen molar-refractivity contribution in [3.63, 3.8) is 0 Å². The monoisotopic (exact) mass is 1320 g/mol. The number of primary amides is 2. The fraction of sp³-hybridized carbons (Fsp3) is 0.619. The predicted octanol–water partition coefficient (Wildman–Crippen LogP) is 4.90. The van der Waals surface area contributed by atoms with Gasteiger partial charge in [0.1, 0.15) is 24.8 Å². The molecular formula is C63H94BrN11O15. The first-order valence-electron chi connectivity index (χ1n) is 31.2. The summed E-state index contributed by atoms with van der Waals surface area (Å²) in [4.78, 5) is 129. The van der Waals surface area contributed by atoms with Crippen LogP contribution >= 0.6 is 15.9 Å². The summed E-state index contributed by atoms with van der Waals surface area (Å²) < 4.78 is 29.3. The third kappa shape index (κ3) is 26.2. The number of epoxide rings is 1. The maximum absolute atomic E-state index is 13.6. The molecule has 26 nitrogen and oxygen atoms in total. The van der Waals surface area contributed by atoms with Crippen LogP contribution < -0.4 is 48.7 Å². The molecule has 11 amide bonds. The summed E-state index contributed by atoms with van der Waals surface area (Å²) in [7, 11) is 0. The Morgan fingerprint density at radius 3 is 2.16 bits per heavy atom. The van der Waals surface area contributed by atoms with Crippen molar-refractivity contribution < 1.29 is 71.6 Å². The number of carbonyl (C=O) groups is 10. The molecular weight excluding hydrogens is 1230 g/mol. The Morgan fingerprint density at radius 2 is 1.51 bits per heavy atom. The number of nitrogens with one attached hydrogen (secondary N) is 7. The number of benzene rings is 1. The lowest BCUT2D eigenvalue weighted by atomic mass is 9.88. The van der Waals surface area contributed by atoms with Gasteiger partial charge in [0.2, 0.25) is 41.4 Å². The highest BCUT2D eigenvalue weighted by Crippen LogP contribution is 2.43. The van der Waals surface area contributed by atoms with Crippen LogP contribution in [-0.2, 0) is 63.9 Å². The first kappa shape index (κ1) is 73.4. The molecule has 0 saturated carbocycles. The van der Waals surface area contributed by atoms with Crippen LogP contribution in [0.2, 0.25) is 0 Å². The number of hydrogen-bond donors (Lipinski definition) is 9. The number of rotatable bonds is 32. The van der Waals surface area contributed by atoms with E-state index in [9.17, 15) is 47.9 Å². The zero-order chi connectivity index (χ0) is 65.9. The number of alkyl halides is 1. The highest BCUT2D eigenvalue weighted by Gasteiger charge is 2.51. The lowest BCUT2D eigenvalue weighted by Gasteiger charge is -2.39. The molecule has 5 rings (SSSR count). The number of urea groups is 1. The van der Waals surface area contributed by atoms with Gasteiger partial charge in [0.05, 0.1) is 54.4 Å². The van der Waals surface area contributed by atoms with Gasteiger partial charge in [-0.05, 0) is 101 Å². The lowest BCUT2D eigenvalue weighted by Crippen LogP contribution is -2.54. The maximum atomic E-state index is 13.6. The number of nitrogens with two attached hydrogens (primary N) is 2. The third-order valence-corrected chi connectivity index (χ3v) is 16.4. The van der Waals surface area contributed by atoms with Gasteiger partial charge in [-0.1, -0.05) is 86.0 Å². The summed E-state index contributed by atoms with van der Waals surface area (Å²) in [6.07, 6.45) is 13.3. The molecule has 4 heterocycles. The molecule has 1 unspecified atom stereocenters. The van der Waals surface area contributed by atoms with Crippen LogP contribution in [0.4, 0.5) is 20.1 Å². The summed E-state index contributed by atoms with van der Waals surface area (Å²) in [5.41, 5.74) is 12.9. The number of carbonyl (C=O) groups excluding carboxylic acids is 10. The summed E-state index contributed by atoms with van der Waals surface area (Å²) >= 11 is 3.09. The molecule has 10 atom stereocenters. The standard InChI is InChI=1S/C63H94BrN11O15/c1-8-45(32-55(79)71-50-31-41(5)51(89-43(50)7)23-16-40(4)15-22-47-34-63(38-87-63)35-48(90-47)33-52(65)76)69-54(78)24-17-42(6)88-62(85)75-29-27-74(28-30-75)61(84)86-37-44-18-20-46(21-19-44)70-58(81)49(13-12-26-68-60(66)83)72-59(82)57(39(2)3)73-53(77)14-10-9-11-25-67-56(80)36-64/h15-22,24,32,39,41-43,47-51,57H,8-14,23,25-31,33-38H2,1-7H3,(H2,65,76)(H,67,80)(H,69,78)(H,70,81)(H,71,79)(H,72,82)(H,73,77)(H3,66,68,83)/b22-15+,24-17-,40-16+,45-32+/t41-,42-,43+,47?,48+,49-,50+,51-,57-,63+/m0/s1. The van der Waals surface area contributed by atoms with Gasteiger partial charge in [-0.25, -0.2) is 14.4 Å². The van der Waals surface area contributed by atoms with Crippen molar-refractivity contribution in [1.82, 2.24) is 41.7 Å². The smallest absolute Gasteiger partial charge is 0.410 e. The van der Waals surface area contributed by atoms with Crippen LogP contribution in [0.1, 0.15) is 131 Å². The van der Waals surface area contributed by atoms with Crippen LogP contribution in [0.3, 0.4) is 0 Å². The van der Waals surface area contributed by atoms with Crippen LogP contribution in [-0.4, -0.2) is 175 Å². The average molecular weight is 1330 g/mol. The molecule has 498 valence electrons. The molecule has 0 aliphatic carbocycles. The van der Waals surface area contributed by atoms with Crippen molar-refractivity contribution in [1.29, 1.82) is 0 Å². The molecule has 1 aromatic carbocycles. The van der Waals surface area contributed by atoms with E-state index in [1.54, 1.807) is 45.0 Å². The van der Waals surface area contributed by atoms with E-state index >= 15 is 0 Å². The Balaban J connectivity index is 0.989. The van der Waals surface area contributed by atoms with E-state index in [4.69, 9.17) is 35.2 Å². The van der Waals surface area contributed by atoms with Crippen molar-refractivity contribution >= 4 is 81.2 Å². The molecule has 0 bridgehead atoms. The minimum Gasteiger partial charge on any atom is -0.445 e. The molecule has 1 aromatic rings. The van der Waals surface area contributed by atoms with Crippen LogP contribution in [0.15, 0.2) is 72.0 Å². The number of anilines is 1. The highest BCUT2D eigenvalue weighted by molar-refractivity contribution is 9.09. The number of halogens is 1. The van der Waals surface area contributed by atoms with E-state index in [1.807, 2.05) is 32.9 Å². The second-order valence-corrected chi connectivity index (χ2v) is 24.4. The number of amides is 11. The minimum atomic E-state index is -1.05. The topological polar surface area (TPSA) is 363 Å². The molecule has 11 N–H and O–H groups in total. The van der Waals surface area contributed by atoms with Crippen molar-refractivity contribution in [2.24, 2.45) is 23.3 Å². The predicted molar refractivity (Wildman–Crippen MR) is 339 cm³/mol. The number of nitrogens with zero attached hydrogens (tertiary/aromatic N) is 2. The summed E-state index contributed by atoms with van der Waals surface area (Å²) in [5.74, 6) is -2.98. The van der Waals surface area contributed by atoms with Crippen LogP contribution in [0.25, 0.3) is 0 Å². The zero-order valence-electron chi connectivity index (χ0n) is 52.9. The van der Waals surface area contributed by atoms with Gasteiger partial charge < -0.3 is 82.2 Å². The van der Waals surface area contributed by atoms with Gasteiger partial charge >= 0.3 is 18.2 Å². The van der Waals surface area contributed by atoms with Gasteiger partial charge in [-0.2, -0.15) is 0 Å². The number of ether oxygens (including phenoxy) is 5. The number of piperazine rings is 1. The van der Waals surface area contributed by atoms with Gasteiger partial charge in [-0.15, -0.1) is 0 Å². The van der Waals surface area contributed by atoms with E-state index in [0.29, 0.717) is 81.5 Å². The Bertz CT molecular complexity index is 2750. The second kappa shape index (κ2) is 37.1. The Morgan fingerprint density at radius 1 is 0.822 bits per heavy atom. The van der Waals surface area contributed by atoms with Gasteiger partial charge in [0.15, 0.2) is 0 Å². The van der Waals surface area contributed by atoms with E-state index in [-0.39, 0.29) is 130 Å². The molecule has 1 spiro atoms. The molecule has 27 heteroatoms. The fourth-order valence-electron chi connectivity index (χ4n) is 10.6. The summed E-state index contributed by atoms with van der Waals surface area (Å²) in [5, 5.41) is 19.6.